The summed E-state index contributed by atoms with van der Waals surface area (Å²) in [5.74, 6) is -0.663. The summed E-state index contributed by atoms with van der Waals surface area (Å²) in [6.45, 7) is 1.35. The van der Waals surface area contributed by atoms with Crippen molar-refractivity contribution in [3.05, 3.63) is 157 Å². The molecule has 0 amide bonds. The van der Waals surface area contributed by atoms with Gasteiger partial charge in [-0.15, -0.1) is 0 Å². The van der Waals surface area contributed by atoms with E-state index >= 15 is 0 Å². The summed E-state index contributed by atoms with van der Waals surface area (Å²) in [5, 5.41) is -2.92. The highest BCUT2D eigenvalue weighted by molar-refractivity contribution is 6.12. The molecule has 0 saturated carbocycles. The van der Waals surface area contributed by atoms with Crippen molar-refractivity contribution < 1.29 is 32.9 Å². The molecule has 0 N–H and O–H groups in total. The van der Waals surface area contributed by atoms with Gasteiger partial charge in [-0.1, -0.05) is 103 Å². The van der Waals surface area contributed by atoms with E-state index in [1.807, 2.05) is 0 Å². The molecule has 0 fully saturated rings. The predicted molar refractivity (Wildman–Crippen MR) is 196 cm³/mol. The van der Waals surface area contributed by atoms with Crippen molar-refractivity contribution in [1.29, 1.82) is 0 Å². The Balaban J connectivity index is 1.45. The van der Waals surface area contributed by atoms with Gasteiger partial charge in [-0.2, -0.15) is 0 Å². The second kappa shape index (κ2) is 9.87. The van der Waals surface area contributed by atoms with Gasteiger partial charge in [0.15, 0.2) is 0 Å². The Morgan fingerprint density at radius 2 is 1.11 bits per heavy atom. The quantitative estimate of drug-likeness (QED) is 0.196. The molecule has 0 aliphatic carbocycles. The van der Waals surface area contributed by atoms with Crippen molar-refractivity contribution in [2.45, 2.75) is 6.92 Å². The Hall–Kier alpha value is -6.26. The molecular weight excluding hydrogens is 573 g/mol. The summed E-state index contributed by atoms with van der Waals surface area (Å²) < 4.78 is 216. The molecule has 0 aliphatic rings. The molecule has 0 radical (unpaired) electrons. The molecule has 10 aromatic rings. The van der Waals surface area contributed by atoms with Crippen LogP contribution in [-0.4, -0.2) is 19.1 Å². The maximum atomic E-state index is 9.92. The number of hydrogen-bond donors (Lipinski definition) is 0. The summed E-state index contributed by atoms with van der Waals surface area (Å²) in [7, 11) is 0. The van der Waals surface area contributed by atoms with Crippen molar-refractivity contribution in [3.8, 4) is 22.9 Å². The van der Waals surface area contributed by atoms with Crippen molar-refractivity contribution in [1.82, 2.24) is 19.1 Å². The first kappa shape index (κ1) is 11.8. The third-order valence-corrected chi connectivity index (χ3v) is 7.74. The highest BCUT2D eigenvalue weighted by Gasteiger charge is 2.19. The second-order valence-corrected chi connectivity index (χ2v) is 10.5. The molecule has 7 aromatic carbocycles. The average molecular weight is 625 g/mol. The average Bonchev–Trinajstić information content (AvgIpc) is 3.89. The van der Waals surface area contributed by atoms with E-state index in [-0.39, 0.29) is 21.9 Å². The zero-order chi connectivity index (χ0) is 51.9. The van der Waals surface area contributed by atoms with E-state index in [1.165, 1.54) is 6.92 Å². The molecule has 10 rings (SSSR count). The molecule has 0 saturated heterocycles. The minimum Gasteiger partial charge on any atom is -0.309 e. The lowest BCUT2D eigenvalue weighted by molar-refractivity contribution is 1.01. The fourth-order valence-corrected chi connectivity index (χ4v) is 5.74. The summed E-state index contributed by atoms with van der Waals surface area (Å²) in [5.41, 5.74) is -4.08. The third kappa shape index (κ3) is 3.88. The first-order valence-electron chi connectivity index (χ1n) is 26.1. The van der Waals surface area contributed by atoms with Crippen LogP contribution in [0.25, 0.3) is 88.2 Å². The Morgan fingerprint density at radius 3 is 1.85 bits per heavy atom. The van der Waals surface area contributed by atoms with Crippen LogP contribution in [0.15, 0.2) is 151 Å². The van der Waals surface area contributed by atoms with Gasteiger partial charge < -0.3 is 4.57 Å². The van der Waals surface area contributed by atoms with Crippen LogP contribution >= 0.6 is 0 Å². The van der Waals surface area contributed by atoms with Crippen molar-refractivity contribution in [2.75, 3.05) is 0 Å². The molecule has 4 heteroatoms. The minimum absolute atomic E-state index is 0.0722. The van der Waals surface area contributed by atoms with Gasteiger partial charge in [0.1, 0.15) is 0 Å². The van der Waals surface area contributed by atoms with Crippen LogP contribution in [0.2, 0.25) is 0 Å². The summed E-state index contributed by atoms with van der Waals surface area (Å²) in [6.07, 6.45) is 0. The lowest BCUT2D eigenvalue weighted by Gasteiger charge is -2.13. The second-order valence-electron chi connectivity index (χ2n) is 10.5. The van der Waals surface area contributed by atoms with E-state index in [0.29, 0.717) is 0 Å². The van der Waals surface area contributed by atoms with Crippen molar-refractivity contribution in [3.63, 3.8) is 0 Å². The monoisotopic (exact) mass is 624 g/mol. The van der Waals surface area contributed by atoms with Crippen LogP contribution in [-0.2, 0) is 0 Å². The van der Waals surface area contributed by atoms with E-state index in [2.05, 4.69) is 9.97 Å². The summed E-state index contributed by atoms with van der Waals surface area (Å²) >= 11 is 0. The van der Waals surface area contributed by atoms with Gasteiger partial charge >= 0.3 is 0 Å². The smallest absolute Gasteiger partial charge is 0.235 e. The first-order valence-corrected chi connectivity index (χ1v) is 14.1. The Kier molecular flexibility index (Phi) is 2.48. The number of benzene rings is 7. The van der Waals surface area contributed by atoms with E-state index in [9.17, 15) is 8.22 Å². The fraction of sp³-hybridized carbons (Fsp3) is 0.0233. The zero-order valence-electron chi connectivity index (χ0n) is 47.9. The van der Waals surface area contributed by atoms with Crippen LogP contribution < -0.4 is 0 Å². The molecule has 0 unspecified atom stereocenters. The number of fused-ring (bicyclic) bond motifs is 8. The van der Waals surface area contributed by atoms with Crippen LogP contribution in [0.3, 0.4) is 0 Å². The normalized spacial score (nSPS) is 19.1. The number of nitrogens with zero attached hydrogens (tertiary/aromatic N) is 4. The molecule has 3 heterocycles. The molecule has 220 valence electrons. The standard InChI is InChI=1S/C43H28N4/c1-27-18-22-35-37(24-27)44-43(45-42(35)30-20-19-28-10-2-3-11-29(28)25-30)47-40-17-9-6-14-34(40)36-26-31(21-23-41(36)47)46-38-15-7-4-12-32(38)33-13-5-8-16-39(33)46/h2-26H,1H3/i2D,3D,4D,5D,6D,7D,8D,9D,10D,11D,12D,13D,14D,15D,16D,17D,18D,19D,21D,22D,23D,24D,25D,26D. The van der Waals surface area contributed by atoms with E-state index in [4.69, 9.17) is 24.7 Å². The van der Waals surface area contributed by atoms with Gasteiger partial charge in [0, 0.05) is 38.2 Å². The molecular formula is C43H28N4. The van der Waals surface area contributed by atoms with Gasteiger partial charge in [0.2, 0.25) is 5.95 Å². The fourth-order valence-electron chi connectivity index (χ4n) is 5.74. The molecule has 47 heavy (non-hydrogen) atoms. The molecule has 4 nitrogen and oxygen atoms in total. The molecule has 0 aliphatic heterocycles. The highest BCUT2D eigenvalue weighted by atomic mass is 15.2. The van der Waals surface area contributed by atoms with E-state index < -0.39 is 217 Å². The Morgan fingerprint density at radius 1 is 0.489 bits per heavy atom. The Bertz CT molecular complexity index is 4160. The molecule has 0 bridgehead atoms. The minimum atomic E-state index is -0.929. The maximum absolute atomic E-state index is 9.92. The number of rotatable bonds is 3. The highest BCUT2D eigenvalue weighted by Crippen LogP contribution is 2.37. The molecule has 3 aromatic heterocycles. The summed E-state index contributed by atoms with van der Waals surface area (Å²) in [4.78, 5) is 9.27. The van der Waals surface area contributed by atoms with Gasteiger partial charge in [-0.25, -0.2) is 9.97 Å². The lowest BCUT2D eigenvalue weighted by Crippen LogP contribution is -2.04. The lowest BCUT2D eigenvalue weighted by atomic mass is 10.0. The number of aromatic nitrogens is 4. The van der Waals surface area contributed by atoms with E-state index in [1.54, 1.807) is 0 Å². The maximum Gasteiger partial charge on any atom is 0.235 e. The number of para-hydroxylation sites is 3. The number of hydrogen-bond acceptors (Lipinski definition) is 2. The van der Waals surface area contributed by atoms with Gasteiger partial charge in [0.05, 0.1) is 66.2 Å². The SMILES string of the molecule is [2H]c1c(C)c([2H])c2nc(-n3c4c([2H])c([2H])c([2H])c([2H])c4c4c([2H])c(-n5c6c([2H])c([2H])c([2H])c([2H])c6c6c([2H])c([2H])c([2H])c([2H])c65)c([2H])c([2H])c43)nc(-c3cc([2H])c4c([2H])c([2H])c([2H])c([2H])c4c3[2H])c2c1[2H]. The van der Waals surface area contributed by atoms with Gasteiger partial charge in [-0.3, -0.25) is 4.57 Å². The van der Waals surface area contributed by atoms with Gasteiger partial charge in [-0.05, 0) is 71.6 Å². The Labute approximate surface area is 304 Å². The third-order valence-electron chi connectivity index (χ3n) is 7.74. The molecule has 0 atom stereocenters. The molecule has 0 spiro atoms. The van der Waals surface area contributed by atoms with E-state index in [0.717, 1.165) is 15.2 Å². The van der Waals surface area contributed by atoms with Crippen LogP contribution in [0.5, 0.6) is 0 Å². The van der Waals surface area contributed by atoms with Crippen LogP contribution in [0.1, 0.15) is 38.5 Å². The van der Waals surface area contributed by atoms with Crippen LogP contribution in [0, 0.1) is 6.92 Å². The topological polar surface area (TPSA) is 35.6 Å². The largest absolute Gasteiger partial charge is 0.309 e. The van der Waals surface area contributed by atoms with Crippen molar-refractivity contribution >= 4 is 65.3 Å². The van der Waals surface area contributed by atoms with Crippen LogP contribution in [0.4, 0.5) is 0 Å². The zero-order valence-corrected chi connectivity index (χ0v) is 23.9. The van der Waals surface area contributed by atoms with Gasteiger partial charge in [0.25, 0.3) is 0 Å². The van der Waals surface area contributed by atoms with Crippen molar-refractivity contribution in [2.24, 2.45) is 0 Å². The predicted octanol–water partition coefficient (Wildman–Crippen LogP) is 11.0. The summed E-state index contributed by atoms with van der Waals surface area (Å²) in [6, 6.07) is -16.5. The first-order chi connectivity index (χ1) is 33.2.